The van der Waals surface area contributed by atoms with Crippen LogP contribution < -0.4 is 5.32 Å². The molecule has 0 aliphatic rings. The molecule has 8 heteroatoms. The Balaban J connectivity index is 1.91. The number of amides is 1. The molecule has 8 nitrogen and oxygen atoms in total. The number of aromatic nitrogens is 6. The molecule has 3 aromatic heterocycles. The van der Waals surface area contributed by atoms with Crippen LogP contribution in [0.1, 0.15) is 22.0 Å². The van der Waals surface area contributed by atoms with Crippen LogP contribution in [0.4, 0.5) is 5.82 Å². The molecule has 0 fully saturated rings. The van der Waals surface area contributed by atoms with Crippen molar-refractivity contribution in [2.24, 2.45) is 0 Å². The number of carbonyl (C=O) groups is 1. The van der Waals surface area contributed by atoms with Gasteiger partial charge >= 0.3 is 0 Å². The number of hydrogen-bond donors (Lipinski definition) is 2. The van der Waals surface area contributed by atoms with Crippen molar-refractivity contribution in [1.29, 1.82) is 0 Å². The van der Waals surface area contributed by atoms with Gasteiger partial charge in [0.25, 0.3) is 11.7 Å². The second-order valence-electron chi connectivity index (χ2n) is 4.12. The van der Waals surface area contributed by atoms with Crippen molar-refractivity contribution in [1.82, 2.24) is 29.8 Å². The van der Waals surface area contributed by atoms with E-state index in [9.17, 15) is 4.79 Å². The highest BCUT2D eigenvalue weighted by Gasteiger charge is 2.15. The first kappa shape index (κ1) is 11.3. The zero-order valence-electron chi connectivity index (χ0n) is 10.4. The fourth-order valence-electron chi connectivity index (χ4n) is 1.66. The van der Waals surface area contributed by atoms with Crippen molar-refractivity contribution in [2.75, 3.05) is 5.32 Å². The van der Waals surface area contributed by atoms with Crippen molar-refractivity contribution in [3.05, 3.63) is 35.5 Å². The molecule has 0 aliphatic carbocycles. The Morgan fingerprint density at radius 2 is 2.26 bits per heavy atom. The first-order valence-electron chi connectivity index (χ1n) is 5.65. The van der Waals surface area contributed by atoms with Crippen molar-refractivity contribution in [3.8, 4) is 0 Å². The van der Waals surface area contributed by atoms with Gasteiger partial charge < -0.3 is 5.32 Å². The van der Waals surface area contributed by atoms with E-state index in [1.165, 1.54) is 4.52 Å². The van der Waals surface area contributed by atoms with Gasteiger partial charge in [0.1, 0.15) is 0 Å². The Bertz CT molecular complexity index is 757. The lowest BCUT2D eigenvalue weighted by atomic mass is 10.4. The van der Waals surface area contributed by atoms with E-state index in [1.807, 2.05) is 13.8 Å². The van der Waals surface area contributed by atoms with Crippen molar-refractivity contribution >= 4 is 17.5 Å². The number of nitrogens with zero attached hydrogens (tertiary/aromatic N) is 5. The van der Waals surface area contributed by atoms with Crippen molar-refractivity contribution in [2.45, 2.75) is 13.8 Å². The van der Waals surface area contributed by atoms with Crippen molar-refractivity contribution < 1.29 is 4.79 Å². The molecule has 3 heterocycles. The third-order valence-corrected chi connectivity index (χ3v) is 2.58. The zero-order valence-corrected chi connectivity index (χ0v) is 10.4. The lowest BCUT2D eigenvalue weighted by Gasteiger charge is -1.95. The van der Waals surface area contributed by atoms with E-state index >= 15 is 0 Å². The second kappa shape index (κ2) is 4.16. The van der Waals surface area contributed by atoms with Crippen LogP contribution in [0.3, 0.4) is 0 Å². The monoisotopic (exact) mass is 257 g/mol. The number of aryl methyl sites for hydroxylation is 2. The molecule has 0 unspecified atom stereocenters. The average Bonchev–Trinajstić information content (AvgIpc) is 2.96. The smallest absolute Gasteiger partial charge is 0.296 e. The quantitative estimate of drug-likeness (QED) is 0.704. The van der Waals surface area contributed by atoms with E-state index in [0.717, 1.165) is 11.4 Å². The highest BCUT2D eigenvalue weighted by molar-refractivity contribution is 6.01. The van der Waals surface area contributed by atoms with Crippen LogP contribution in [0.5, 0.6) is 0 Å². The van der Waals surface area contributed by atoms with Gasteiger partial charge in [-0.2, -0.15) is 10.1 Å². The number of fused-ring (bicyclic) bond motifs is 1. The summed E-state index contributed by atoms with van der Waals surface area (Å²) in [7, 11) is 0. The van der Waals surface area contributed by atoms with Crippen LogP contribution >= 0.6 is 0 Å². The molecule has 0 aromatic carbocycles. The van der Waals surface area contributed by atoms with E-state index in [1.54, 1.807) is 18.3 Å². The lowest BCUT2D eigenvalue weighted by molar-refractivity contribution is 0.101. The highest BCUT2D eigenvalue weighted by Crippen LogP contribution is 2.07. The summed E-state index contributed by atoms with van der Waals surface area (Å²) in [4.78, 5) is 20.1. The third kappa shape index (κ3) is 2.03. The highest BCUT2D eigenvalue weighted by atomic mass is 16.2. The Morgan fingerprint density at radius 3 is 2.95 bits per heavy atom. The number of anilines is 1. The predicted octanol–water partition coefficient (Wildman–Crippen LogP) is 0.717. The molecule has 0 aliphatic heterocycles. The van der Waals surface area contributed by atoms with E-state index in [2.05, 4.69) is 30.6 Å². The van der Waals surface area contributed by atoms with Gasteiger partial charge in [-0.25, -0.2) is 9.50 Å². The Kier molecular flexibility index (Phi) is 2.48. The molecule has 0 atom stereocenters. The molecule has 0 radical (unpaired) electrons. The summed E-state index contributed by atoms with van der Waals surface area (Å²) in [5.74, 6) is 0.466. The minimum absolute atomic E-state index is 0.0578. The minimum Gasteiger partial charge on any atom is -0.302 e. The number of hydrogen-bond acceptors (Lipinski definition) is 5. The zero-order chi connectivity index (χ0) is 13.4. The van der Waals surface area contributed by atoms with Gasteiger partial charge in [0.05, 0.1) is 0 Å². The first-order valence-corrected chi connectivity index (χ1v) is 5.65. The number of aromatic amines is 1. The van der Waals surface area contributed by atoms with Crippen LogP contribution in [-0.4, -0.2) is 35.7 Å². The van der Waals surface area contributed by atoms with Gasteiger partial charge in [0.15, 0.2) is 5.82 Å². The molecule has 96 valence electrons. The summed E-state index contributed by atoms with van der Waals surface area (Å²) in [6, 6.07) is 3.51. The van der Waals surface area contributed by atoms with Crippen molar-refractivity contribution in [3.63, 3.8) is 0 Å². The van der Waals surface area contributed by atoms with Gasteiger partial charge in [0.2, 0.25) is 5.82 Å². The maximum Gasteiger partial charge on any atom is 0.296 e. The summed E-state index contributed by atoms with van der Waals surface area (Å²) in [6.07, 6.45) is 1.62. The fourth-order valence-corrected chi connectivity index (χ4v) is 1.66. The normalized spacial score (nSPS) is 10.8. The van der Waals surface area contributed by atoms with Gasteiger partial charge in [-0.3, -0.25) is 9.89 Å². The molecule has 0 bridgehead atoms. The number of carbonyl (C=O) groups excluding carboxylic acids is 1. The Morgan fingerprint density at radius 1 is 1.42 bits per heavy atom. The predicted molar refractivity (Wildman–Crippen MR) is 66.8 cm³/mol. The van der Waals surface area contributed by atoms with E-state index in [-0.39, 0.29) is 5.82 Å². The summed E-state index contributed by atoms with van der Waals surface area (Å²) in [5.41, 5.74) is 1.71. The topological polar surface area (TPSA) is 101 Å². The number of nitrogens with one attached hydrogen (secondary N) is 2. The summed E-state index contributed by atoms with van der Waals surface area (Å²) in [6.45, 7) is 3.71. The van der Waals surface area contributed by atoms with Gasteiger partial charge in [0, 0.05) is 23.7 Å². The van der Waals surface area contributed by atoms with Gasteiger partial charge in [-0.15, -0.1) is 5.10 Å². The second-order valence-corrected chi connectivity index (χ2v) is 4.12. The summed E-state index contributed by atoms with van der Waals surface area (Å²) >= 11 is 0. The van der Waals surface area contributed by atoms with Gasteiger partial charge in [-0.05, 0) is 19.9 Å². The van der Waals surface area contributed by atoms with Crippen LogP contribution in [0.2, 0.25) is 0 Å². The molecule has 1 amide bonds. The molecule has 3 rings (SSSR count). The van der Waals surface area contributed by atoms with E-state index in [4.69, 9.17) is 0 Å². The van der Waals surface area contributed by atoms with E-state index < -0.39 is 5.91 Å². The maximum atomic E-state index is 12.0. The summed E-state index contributed by atoms with van der Waals surface area (Å²) < 4.78 is 1.52. The number of rotatable bonds is 2. The molecule has 0 spiro atoms. The van der Waals surface area contributed by atoms with E-state index in [0.29, 0.717) is 11.6 Å². The van der Waals surface area contributed by atoms with Gasteiger partial charge in [-0.1, -0.05) is 0 Å². The molecular weight excluding hydrogens is 246 g/mol. The minimum atomic E-state index is -0.420. The third-order valence-electron chi connectivity index (χ3n) is 2.58. The standard InChI is InChI=1S/C11H11N7O/c1-6-5-8(16-15-6)13-10(19)9-14-11-12-4-3-7(2)18(11)17-9/h3-5H,1-2H3,(H2,13,15,16,19). The molecule has 0 saturated carbocycles. The number of H-pyrrole nitrogens is 1. The molecular formula is C11H11N7O. The first-order chi connectivity index (χ1) is 9.13. The maximum absolute atomic E-state index is 12.0. The summed E-state index contributed by atoms with van der Waals surface area (Å²) in [5, 5.41) is 13.4. The molecule has 0 saturated heterocycles. The lowest BCUT2D eigenvalue weighted by Crippen LogP contribution is -2.14. The Labute approximate surface area is 107 Å². The van der Waals surface area contributed by atoms with Crippen LogP contribution in [0, 0.1) is 13.8 Å². The van der Waals surface area contributed by atoms with Crippen LogP contribution in [0.15, 0.2) is 18.3 Å². The fraction of sp³-hybridized carbons (Fsp3) is 0.182. The largest absolute Gasteiger partial charge is 0.302 e. The Hall–Kier alpha value is -2.77. The molecule has 19 heavy (non-hydrogen) atoms. The van der Waals surface area contributed by atoms with Crippen LogP contribution in [0.25, 0.3) is 5.78 Å². The molecule has 3 aromatic rings. The molecule has 2 N–H and O–H groups in total. The average molecular weight is 257 g/mol. The van der Waals surface area contributed by atoms with Crippen LogP contribution in [-0.2, 0) is 0 Å². The SMILES string of the molecule is Cc1cc(NC(=O)c2nc3nccc(C)n3n2)n[nH]1.